The molecular formula is C19H24F2N2O. The van der Waals surface area contributed by atoms with Crippen LogP contribution in [0.1, 0.15) is 24.9 Å². The highest BCUT2D eigenvalue weighted by Crippen LogP contribution is 2.39. The molecule has 1 aliphatic rings. The molecule has 1 N–H and O–H groups in total. The van der Waals surface area contributed by atoms with Crippen molar-refractivity contribution in [3.8, 4) is 5.75 Å². The smallest absolute Gasteiger partial charge is 0.240 e. The normalized spacial score (nSPS) is 17.3. The maximum Gasteiger partial charge on any atom is 0.240 e. The summed E-state index contributed by atoms with van der Waals surface area (Å²) in [5.74, 6) is 0.723. The van der Waals surface area contributed by atoms with Crippen molar-refractivity contribution in [2.24, 2.45) is 0 Å². The fourth-order valence-electron chi connectivity index (χ4n) is 3.51. The summed E-state index contributed by atoms with van der Waals surface area (Å²) in [4.78, 5) is 2.16. The first kappa shape index (κ1) is 17.1. The molecule has 0 aliphatic carbocycles. The fourth-order valence-corrected chi connectivity index (χ4v) is 3.51. The number of rotatable bonds is 6. The lowest BCUT2D eigenvalue weighted by Gasteiger charge is -2.36. The van der Waals surface area contributed by atoms with Crippen molar-refractivity contribution in [2.45, 2.75) is 25.8 Å². The summed E-state index contributed by atoms with van der Waals surface area (Å²) in [6.45, 7) is 5.64. The molecule has 0 radical (unpaired) electrons. The number of fused-ring (bicyclic) bond motifs is 1. The van der Waals surface area contributed by atoms with Gasteiger partial charge in [-0.05, 0) is 23.8 Å². The zero-order valence-electron chi connectivity index (χ0n) is 14.0. The van der Waals surface area contributed by atoms with Crippen molar-refractivity contribution < 1.29 is 13.5 Å². The van der Waals surface area contributed by atoms with E-state index in [0.29, 0.717) is 6.61 Å². The van der Waals surface area contributed by atoms with Gasteiger partial charge in [0.15, 0.2) is 0 Å². The number of halogens is 2. The largest absolute Gasteiger partial charge is 0.494 e. The highest BCUT2D eigenvalue weighted by molar-refractivity contribution is 5.88. The predicted octanol–water partition coefficient (Wildman–Crippen LogP) is 3.84. The quantitative estimate of drug-likeness (QED) is 0.869. The van der Waals surface area contributed by atoms with E-state index in [-0.39, 0.29) is 12.5 Å². The lowest BCUT2D eigenvalue weighted by atomic mass is 9.94. The minimum atomic E-state index is -2.35. The van der Waals surface area contributed by atoms with Gasteiger partial charge in [-0.1, -0.05) is 30.3 Å². The van der Waals surface area contributed by atoms with Gasteiger partial charge >= 0.3 is 0 Å². The number of piperazine rings is 1. The maximum absolute atomic E-state index is 13.4. The van der Waals surface area contributed by atoms with Gasteiger partial charge in [0.25, 0.3) is 0 Å². The molecule has 0 saturated carbocycles. The van der Waals surface area contributed by atoms with E-state index in [1.54, 1.807) is 0 Å². The first-order valence-corrected chi connectivity index (χ1v) is 8.58. The monoisotopic (exact) mass is 334 g/mol. The van der Waals surface area contributed by atoms with Crippen molar-refractivity contribution in [1.82, 2.24) is 10.2 Å². The van der Waals surface area contributed by atoms with E-state index in [0.717, 1.165) is 48.3 Å². The number of nitrogens with one attached hydrogen (secondary N) is 1. The van der Waals surface area contributed by atoms with E-state index < -0.39 is 6.43 Å². The van der Waals surface area contributed by atoms with E-state index in [1.807, 2.05) is 43.3 Å². The number of alkyl halides is 2. The summed E-state index contributed by atoms with van der Waals surface area (Å²) < 4.78 is 32.5. The highest BCUT2D eigenvalue weighted by Gasteiger charge is 2.29. The zero-order chi connectivity index (χ0) is 16.9. The highest BCUT2D eigenvalue weighted by atomic mass is 19.3. The number of ether oxygens (including phenoxy) is 1. The number of benzene rings is 2. The van der Waals surface area contributed by atoms with Gasteiger partial charge in [-0.25, -0.2) is 8.78 Å². The second-order valence-corrected chi connectivity index (χ2v) is 6.06. The standard InChI is InChI=1S/C19H24F2N2O/c1-2-24-17-8-7-14-5-3-4-6-15(14)19(17)16(13-18(20)21)23-11-9-22-10-12-23/h3-8,16,18,22H,2,9-13H2,1H3/t16-/m1/s1. The van der Waals surface area contributed by atoms with Crippen LogP contribution in [0.5, 0.6) is 5.75 Å². The van der Waals surface area contributed by atoms with Crippen LogP contribution in [0, 0.1) is 0 Å². The number of hydrogen-bond donors (Lipinski definition) is 1. The van der Waals surface area contributed by atoms with E-state index in [2.05, 4.69) is 10.2 Å². The van der Waals surface area contributed by atoms with Gasteiger partial charge in [0, 0.05) is 44.2 Å². The third kappa shape index (κ3) is 3.68. The van der Waals surface area contributed by atoms with Crippen LogP contribution < -0.4 is 10.1 Å². The lowest BCUT2D eigenvalue weighted by molar-refractivity contribution is 0.0733. The molecule has 0 aromatic heterocycles. The molecule has 130 valence electrons. The Bertz CT molecular complexity index is 671. The Morgan fingerprint density at radius 1 is 1.12 bits per heavy atom. The van der Waals surface area contributed by atoms with Gasteiger partial charge < -0.3 is 10.1 Å². The number of nitrogens with zero attached hydrogens (tertiary/aromatic N) is 1. The summed E-state index contributed by atoms with van der Waals surface area (Å²) in [5, 5.41) is 5.36. The first-order valence-electron chi connectivity index (χ1n) is 8.58. The molecule has 1 aliphatic heterocycles. The molecule has 0 spiro atoms. The van der Waals surface area contributed by atoms with Crippen LogP contribution in [-0.4, -0.2) is 44.1 Å². The van der Waals surface area contributed by atoms with Gasteiger partial charge in [-0.3, -0.25) is 4.90 Å². The Hall–Kier alpha value is -1.72. The van der Waals surface area contributed by atoms with E-state index in [4.69, 9.17) is 4.74 Å². The van der Waals surface area contributed by atoms with E-state index in [9.17, 15) is 8.78 Å². The molecule has 0 amide bonds. The fraction of sp³-hybridized carbons (Fsp3) is 0.474. The SMILES string of the molecule is CCOc1ccc2ccccc2c1[C@@H](CC(F)F)N1CCNCC1. The molecule has 24 heavy (non-hydrogen) atoms. The van der Waals surface area contributed by atoms with Crippen molar-refractivity contribution in [3.63, 3.8) is 0 Å². The Kier molecular flexibility index (Phi) is 5.63. The average Bonchev–Trinajstić information content (AvgIpc) is 2.61. The van der Waals surface area contributed by atoms with Crippen LogP contribution in [0.4, 0.5) is 8.78 Å². The molecule has 5 heteroatoms. The molecule has 0 unspecified atom stereocenters. The molecule has 3 nitrogen and oxygen atoms in total. The molecule has 1 fully saturated rings. The Balaban J connectivity index is 2.11. The van der Waals surface area contributed by atoms with Gasteiger partial charge in [-0.15, -0.1) is 0 Å². The minimum Gasteiger partial charge on any atom is -0.494 e. The average molecular weight is 334 g/mol. The Morgan fingerprint density at radius 3 is 2.58 bits per heavy atom. The lowest BCUT2D eigenvalue weighted by Crippen LogP contribution is -2.45. The van der Waals surface area contributed by atoms with Gasteiger partial charge in [0.1, 0.15) is 5.75 Å². The van der Waals surface area contributed by atoms with Crippen molar-refractivity contribution in [2.75, 3.05) is 32.8 Å². The Labute approximate surface area is 141 Å². The van der Waals surface area contributed by atoms with Crippen molar-refractivity contribution in [3.05, 3.63) is 42.0 Å². The molecule has 0 bridgehead atoms. The summed E-state index contributed by atoms with van der Waals surface area (Å²) in [5.41, 5.74) is 0.900. The summed E-state index contributed by atoms with van der Waals surface area (Å²) in [6, 6.07) is 11.5. The first-order chi connectivity index (χ1) is 11.7. The molecule has 2 aromatic rings. The summed E-state index contributed by atoms with van der Waals surface area (Å²) in [6.07, 6.45) is -2.52. The van der Waals surface area contributed by atoms with E-state index >= 15 is 0 Å². The van der Waals surface area contributed by atoms with E-state index in [1.165, 1.54) is 0 Å². The van der Waals surface area contributed by atoms with Gasteiger partial charge in [0.05, 0.1) is 6.61 Å². The molecule has 1 atom stereocenters. The minimum absolute atomic E-state index is 0.173. The molecule has 1 saturated heterocycles. The maximum atomic E-state index is 13.4. The second kappa shape index (κ2) is 7.90. The van der Waals surface area contributed by atoms with Gasteiger partial charge in [0.2, 0.25) is 6.43 Å². The predicted molar refractivity (Wildman–Crippen MR) is 92.9 cm³/mol. The second-order valence-electron chi connectivity index (χ2n) is 6.06. The number of hydrogen-bond acceptors (Lipinski definition) is 3. The van der Waals surface area contributed by atoms with Crippen LogP contribution in [0.3, 0.4) is 0 Å². The van der Waals surface area contributed by atoms with Crippen LogP contribution >= 0.6 is 0 Å². The topological polar surface area (TPSA) is 24.5 Å². The van der Waals surface area contributed by atoms with Crippen LogP contribution in [0.25, 0.3) is 10.8 Å². The zero-order valence-corrected chi connectivity index (χ0v) is 14.0. The van der Waals surface area contributed by atoms with Crippen molar-refractivity contribution in [1.29, 1.82) is 0 Å². The Morgan fingerprint density at radius 2 is 1.88 bits per heavy atom. The van der Waals surface area contributed by atoms with Crippen LogP contribution in [0.2, 0.25) is 0 Å². The summed E-state index contributed by atoms with van der Waals surface area (Å²) >= 11 is 0. The third-order valence-corrected chi connectivity index (χ3v) is 4.56. The third-order valence-electron chi connectivity index (χ3n) is 4.56. The summed E-state index contributed by atoms with van der Waals surface area (Å²) in [7, 11) is 0. The molecular weight excluding hydrogens is 310 g/mol. The van der Waals surface area contributed by atoms with Gasteiger partial charge in [-0.2, -0.15) is 0 Å². The molecule has 1 heterocycles. The van der Waals surface area contributed by atoms with Crippen LogP contribution in [-0.2, 0) is 0 Å². The molecule has 3 rings (SSSR count). The van der Waals surface area contributed by atoms with Crippen LogP contribution in [0.15, 0.2) is 36.4 Å². The van der Waals surface area contributed by atoms with Crippen molar-refractivity contribution >= 4 is 10.8 Å². The molecule has 2 aromatic carbocycles.